The minimum atomic E-state index is 0.507. The zero-order chi connectivity index (χ0) is 6.69. The molecule has 0 radical (unpaired) electrons. The number of aromatic nitrogens is 1. The van der Waals surface area contributed by atoms with Gasteiger partial charge in [-0.3, -0.25) is 0 Å². The number of oxazole rings is 1. The van der Waals surface area contributed by atoms with E-state index in [9.17, 15) is 0 Å². The summed E-state index contributed by atoms with van der Waals surface area (Å²) in [5.74, 6) is 1.49. The molecule has 0 aliphatic heterocycles. The van der Waals surface area contributed by atoms with Gasteiger partial charge >= 0.3 is 0 Å². The van der Waals surface area contributed by atoms with Gasteiger partial charge in [0.15, 0.2) is 6.39 Å². The van der Waals surface area contributed by atoms with E-state index in [1.165, 1.54) is 6.39 Å². The van der Waals surface area contributed by atoms with Crippen LogP contribution in [0.1, 0.15) is 31.9 Å². The summed E-state index contributed by atoms with van der Waals surface area (Å²) in [5, 5.41) is 0. The van der Waals surface area contributed by atoms with E-state index < -0.39 is 0 Å². The van der Waals surface area contributed by atoms with Crippen molar-refractivity contribution in [2.45, 2.75) is 26.2 Å². The summed E-state index contributed by atoms with van der Waals surface area (Å²) >= 11 is 0. The fraction of sp³-hybridized carbons (Fsp3) is 0.571. The Balaban J connectivity index is 2.65. The van der Waals surface area contributed by atoms with Gasteiger partial charge in [0.05, 0.1) is 6.20 Å². The third-order valence-corrected chi connectivity index (χ3v) is 1.55. The Morgan fingerprint density at radius 3 is 3.00 bits per heavy atom. The van der Waals surface area contributed by atoms with Gasteiger partial charge in [-0.15, -0.1) is 0 Å². The summed E-state index contributed by atoms with van der Waals surface area (Å²) in [5.41, 5.74) is 0. The summed E-state index contributed by atoms with van der Waals surface area (Å²) in [7, 11) is 0. The smallest absolute Gasteiger partial charge is 0.180 e. The lowest BCUT2D eigenvalue weighted by molar-refractivity contribution is 0.465. The van der Waals surface area contributed by atoms with Crippen molar-refractivity contribution in [1.29, 1.82) is 0 Å². The molecule has 0 saturated carbocycles. The van der Waals surface area contributed by atoms with E-state index in [-0.39, 0.29) is 0 Å². The summed E-state index contributed by atoms with van der Waals surface area (Å²) < 4.78 is 5.08. The van der Waals surface area contributed by atoms with Crippen molar-refractivity contribution >= 4 is 0 Å². The predicted molar refractivity (Wildman–Crippen MR) is 35.2 cm³/mol. The van der Waals surface area contributed by atoms with E-state index in [2.05, 4.69) is 18.8 Å². The van der Waals surface area contributed by atoms with Crippen LogP contribution in [-0.4, -0.2) is 4.98 Å². The third-order valence-electron chi connectivity index (χ3n) is 1.55. The molecule has 0 aliphatic carbocycles. The van der Waals surface area contributed by atoms with Crippen molar-refractivity contribution in [3.8, 4) is 0 Å². The second-order valence-electron chi connectivity index (χ2n) is 2.21. The quantitative estimate of drug-likeness (QED) is 0.605. The van der Waals surface area contributed by atoms with Crippen LogP contribution in [0.15, 0.2) is 17.0 Å². The van der Waals surface area contributed by atoms with Gasteiger partial charge in [0.1, 0.15) is 5.76 Å². The highest BCUT2D eigenvalue weighted by molar-refractivity contribution is 4.95. The number of nitrogens with zero attached hydrogens (tertiary/aromatic N) is 1. The Morgan fingerprint density at radius 2 is 2.56 bits per heavy atom. The number of hydrogen-bond donors (Lipinski definition) is 0. The van der Waals surface area contributed by atoms with Crippen molar-refractivity contribution < 1.29 is 4.42 Å². The van der Waals surface area contributed by atoms with Crippen LogP contribution in [0.4, 0.5) is 0 Å². The van der Waals surface area contributed by atoms with Crippen molar-refractivity contribution in [3.63, 3.8) is 0 Å². The van der Waals surface area contributed by atoms with E-state index in [1.54, 1.807) is 6.20 Å². The molecule has 1 atom stereocenters. The maximum atomic E-state index is 5.08. The van der Waals surface area contributed by atoms with Gasteiger partial charge in [-0.25, -0.2) is 4.98 Å². The minimum Gasteiger partial charge on any atom is -0.448 e. The highest BCUT2D eigenvalue weighted by Crippen LogP contribution is 2.16. The molecule has 0 spiro atoms. The summed E-state index contributed by atoms with van der Waals surface area (Å²) in [6.45, 7) is 4.26. The normalized spacial score (nSPS) is 13.6. The molecule has 0 bridgehead atoms. The van der Waals surface area contributed by atoms with Gasteiger partial charge in [-0.1, -0.05) is 13.8 Å². The molecule has 1 aromatic heterocycles. The zero-order valence-electron chi connectivity index (χ0n) is 5.79. The Labute approximate surface area is 54.9 Å². The van der Waals surface area contributed by atoms with E-state index in [4.69, 9.17) is 4.42 Å². The van der Waals surface area contributed by atoms with Crippen LogP contribution in [-0.2, 0) is 0 Å². The monoisotopic (exact) mass is 125 g/mol. The summed E-state index contributed by atoms with van der Waals surface area (Å²) in [4.78, 5) is 3.82. The topological polar surface area (TPSA) is 26.0 Å². The first-order valence-corrected chi connectivity index (χ1v) is 3.23. The average Bonchev–Trinajstić information content (AvgIpc) is 2.37. The fourth-order valence-corrected chi connectivity index (χ4v) is 0.670. The zero-order valence-corrected chi connectivity index (χ0v) is 5.79. The lowest BCUT2D eigenvalue weighted by Gasteiger charge is -2.00. The molecular formula is C7H11NO. The summed E-state index contributed by atoms with van der Waals surface area (Å²) in [6.07, 6.45) is 4.35. The maximum absolute atomic E-state index is 5.08. The maximum Gasteiger partial charge on any atom is 0.180 e. The van der Waals surface area contributed by atoms with Gasteiger partial charge in [0.2, 0.25) is 0 Å². The average molecular weight is 125 g/mol. The van der Waals surface area contributed by atoms with Crippen molar-refractivity contribution in [2.24, 2.45) is 0 Å². The molecule has 9 heavy (non-hydrogen) atoms. The predicted octanol–water partition coefficient (Wildman–Crippen LogP) is 2.19. The number of hydrogen-bond acceptors (Lipinski definition) is 2. The Kier molecular flexibility index (Phi) is 1.88. The van der Waals surface area contributed by atoms with Crippen LogP contribution < -0.4 is 0 Å². The Hall–Kier alpha value is -0.790. The van der Waals surface area contributed by atoms with Crippen molar-refractivity contribution in [2.75, 3.05) is 0 Å². The largest absolute Gasteiger partial charge is 0.448 e. The standard InChI is InChI=1S/C7H11NO/c1-3-6(2)7-4-8-5-9-7/h4-6H,3H2,1-2H3/t6-/m1/s1. The Morgan fingerprint density at radius 1 is 1.78 bits per heavy atom. The first kappa shape index (κ1) is 6.33. The van der Waals surface area contributed by atoms with Gasteiger partial charge in [-0.2, -0.15) is 0 Å². The SMILES string of the molecule is CC[C@@H](C)c1cnco1. The van der Waals surface area contributed by atoms with E-state index >= 15 is 0 Å². The van der Waals surface area contributed by atoms with Gasteiger partial charge < -0.3 is 4.42 Å². The molecule has 0 aromatic carbocycles. The molecule has 0 fully saturated rings. The fourth-order valence-electron chi connectivity index (χ4n) is 0.670. The van der Waals surface area contributed by atoms with Gasteiger partial charge in [0, 0.05) is 5.92 Å². The van der Waals surface area contributed by atoms with Crippen LogP contribution in [0.25, 0.3) is 0 Å². The lowest BCUT2D eigenvalue weighted by Crippen LogP contribution is -1.86. The molecule has 0 amide bonds. The highest BCUT2D eigenvalue weighted by atomic mass is 16.3. The first-order valence-electron chi connectivity index (χ1n) is 3.23. The third kappa shape index (κ3) is 1.31. The lowest BCUT2D eigenvalue weighted by atomic mass is 10.1. The summed E-state index contributed by atoms with van der Waals surface area (Å²) in [6, 6.07) is 0. The molecule has 1 rings (SSSR count). The van der Waals surface area contributed by atoms with Crippen molar-refractivity contribution in [1.82, 2.24) is 4.98 Å². The molecule has 1 aromatic rings. The van der Waals surface area contributed by atoms with Crippen LogP contribution in [0, 0.1) is 0 Å². The number of rotatable bonds is 2. The molecule has 0 aliphatic rings. The van der Waals surface area contributed by atoms with Gasteiger partial charge in [-0.05, 0) is 6.42 Å². The van der Waals surface area contributed by atoms with Crippen LogP contribution >= 0.6 is 0 Å². The first-order chi connectivity index (χ1) is 4.34. The van der Waals surface area contributed by atoms with Crippen LogP contribution in [0.3, 0.4) is 0 Å². The molecule has 50 valence electrons. The molecule has 0 unspecified atom stereocenters. The Bertz CT molecular complexity index is 157. The second-order valence-corrected chi connectivity index (χ2v) is 2.21. The molecule has 0 N–H and O–H groups in total. The molecule has 0 saturated heterocycles. The van der Waals surface area contributed by atoms with E-state index in [0.717, 1.165) is 12.2 Å². The van der Waals surface area contributed by atoms with Gasteiger partial charge in [0.25, 0.3) is 0 Å². The van der Waals surface area contributed by atoms with E-state index in [1.807, 2.05) is 0 Å². The van der Waals surface area contributed by atoms with Crippen LogP contribution in [0.2, 0.25) is 0 Å². The highest BCUT2D eigenvalue weighted by Gasteiger charge is 2.04. The minimum absolute atomic E-state index is 0.507. The van der Waals surface area contributed by atoms with E-state index in [0.29, 0.717) is 5.92 Å². The van der Waals surface area contributed by atoms with Crippen molar-refractivity contribution in [3.05, 3.63) is 18.4 Å². The second kappa shape index (κ2) is 2.67. The molecule has 2 nitrogen and oxygen atoms in total. The molecule has 1 heterocycles. The molecule has 2 heteroatoms. The van der Waals surface area contributed by atoms with Crippen LogP contribution in [0.5, 0.6) is 0 Å². The molecular weight excluding hydrogens is 114 g/mol.